The van der Waals surface area contributed by atoms with E-state index in [1.807, 2.05) is 17.5 Å². The van der Waals surface area contributed by atoms with E-state index < -0.39 is 0 Å². The van der Waals surface area contributed by atoms with Crippen LogP contribution in [0.2, 0.25) is 0 Å². The number of amides is 1. The predicted molar refractivity (Wildman–Crippen MR) is 66.8 cm³/mol. The van der Waals surface area contributed by atoms with Gasteiger partial charge in [0.25, 0.3) is 5.91 Å². The highest BCUT2D eigenvalue weighted by atomic mass is 127. The molecular weight excluding hydrogens is 325 g/mol. The van der Waals surface area contributed by atoms with Crippen molar-refractivity contribution in [3.8, 4) is 0 Å². The molecule has 0 aliphatic rings. The maximum Gasteiger partial charge on any atom is 0.270 e. The van der Waals surface area contributed by atoms with Gasteiger partial charge in [0.2, 0.25) is 0 Å². The number of hydrogen-bond acceptors (Lipinski definition) is 3. The van der Waals surface area contributed by atoms with Crippen molar-refractivity contribution in [1.29, 1.82) is 0 Å². The van der Waals surface area contributed by atoms with E-state index in [2.05, 4.69) is 38.1 Å². The molecule has 2 heterocycles. The molecule has 2 rings (SSSR count). The lowest BCUT2D eigenvalue weighted by molar-refractivity contribution is 0.0945. The maximum absolute atomic E-state index is 11.6. The van der Waals surface area contributed by atoms with Gasteiger partial charge in [0, 0.05) is 4.88 Å². The maximum atomic E-state index is 11.6. The lowest BCUT2D eigenvalue weighted by Crippen LogP contribution is -2.23. The van der Waals surface area contributed by atoms with Crippen LogP contribution in [0.15, 0.2) is 23.7 Å². The molecule has 0 unspecified atom stereocenters. The molecule has 0 radical (unpaired) electrons. The quantitative estimate of drug-likeness (QED) is 0.845. The van der Waals surface area contributed by atoms with E-state index in [0.717, 1.165) is 8.45 Å². The molecule has 0 atom stereocenters. The Balaban J connectivity index is 1.96. The van der Waals surface area contributed by atoms with E-state index in [1.54, 1.807) is 17.5 Å². The third kappa shape index (κ3) is 2.57. The van der Waals surface area contributed by atoms with Crippen LogP contribution >= 0.6 is 33.9 Å². The van der Waals surface area contributed by atoms with Crippen LogP contribution in [0.1, 0.15) is 15.4 Å². The van der Waals surface area contributed by atoms with Crippen molar-refractivity contribution in [3.63, 3.8) is 0 Å². The predicted octanol–water partition coefficient (Wildman–Crippen LogP) is 2.01. The van der Waals surface area contributed by atoms with Gasteiger partial charge >= 0.3 is 0 Å². The number of nitrogens with zero attached hydrogens (tertiary/aromatic N) is 1. The topological polar surface area (TPSA) is 57.8 Å². The first-order chi connectivity index (χ1) is 7.27. The number of halogens is 1. The van der Waals surface area contributed by atoms with Gasteiger partial charge in [-0.15, -0.1) is 11.3 Å². The number of H-pyrrole nitrogens is 1. The fourth-order valence-corrected chi connectivity index (χ4v) is 2.25. The SMILES string of the molecule is O=C(NCc1cccs1)c1[nH]ncc1I. The van der Waals surface area contributed by atoms with Gasteiger partial charge in [-0.25, -0.2) is 0 Å². The highest BCUT2D eigenvalue weighted by molar-refractivity contribution is 14.1. The van der Waals surface area contributed by atoms with Crippen LogP contribution < -0.4 is 5.32 Å². The Kier molecular flexibility index (Phi) is 3.37. The van der Waals surface area contributed by atoms with Crippen molar-refractivity contribution in [1.82, 2.24) is 15.5 Å². The molecule has 2 aromatic rings. The van der Waals surface area contributed by atoms with Gasteiger partial charge in [-0.3, -0.25) is 9.89 Å². The summed E-state index contributed by atoms with van der Waals surface area (Å²) >= 11 is 3.70. The number of hydrogen-bond donors (Lipinski definition) is 2. The highest BCUT2D eigenvalue weighted by Gasteiger charge is 2.11. The minimum absolute atomic E-state index is 0.120. The van der Waals surface area contributed by atoms with Crippen molar-refractivity contribution in [2.45, 2.75) is 6.54 Å². The van der Waals surface area contributed by atoms with Gasteiger partial charge in [-0.2, -0.15) is 5.10 Å². The van der Waals surface area contributed by atoms with Crippen LogP contribution in [0.3, 0.4) is 0 Å². The van der Waals surface area contributed by atoms with Gasteiger partial charge < -0.3 is 5.32 Å². The molecule has 2 aromatic heterocycles. The highest BCUT2D eigenvalue weighted by Crippen LogP contribution is 2.10. The minimum atomic E-state index is -0.120. The molecule has 4 nitrogen and oxygen atoms in total. The van der Waals surface area contributed by atoms with Gasteiger partial charge in [-0.05, 0) is 34.0 Å². The zero-order valence-corrected chi connectivity index (χ0v) is 10.6. The molecule has 6 heteroatoms. The van der Waals surface area contributed by atoms with Crippen LogP contribution in [0.4, 0.5) is 0 Å². The second-order valence-corrected chi connectivity index (χ2v) is 5.05. The summed E-state index contributed by atoms with van der Waals surface area (Å²) in [6.07, 6.45) is 1.63. The number of aromatic nitrogens is 2. The Labute approximate surface area is 104 Å². The molecule has 0 spiro atoms. The third-order valence-electron chi connectivity index (χ3n) is 1.82. The van der Waals surface area contributed by atoms with Gasteiger partial charge in [0.15, 0.2) is 0 Å². The number of thiophene rings is 1. The standard InChI is InChI=1S/C9H8IN3OS/c10-7-5-12-13-8(7)9(14)11-4-6-2-1-3-15-6/h1-3,5H,4H2,(H,11,14)(H,12,13). The second-order valence-electron chi connectivity index (χ2n) is 2.85. The smallest absolute Gasteiger partial charge is 0.270 e. The van der Waals surface area contributed by atoms with Gasteiger partial charge in [0.05, 0.1) is 16.3 Å². The molecule has 0 aliphatic carbocycles. The number of carbonyl (C=O) groups excluding carboxylic acids is 1. The molecule has 78 valence electrons. The lowest BCUT2D eigenvalue weighted by atomic mass is 10.4. The number of rotatable bonds is 3. The van der Waals surface area contributed by atoms with Crippen molar-refractivity contribution in [2.24, 2.45) is 0 Å². The third-order valence-corrected chi connectivity index (χ3v) is 3.52. The molecule has 0 saturated heterocycles. The van der Waals surface area contributed by atoms with E-state index in [4.69, 9.17) is 0 Å². The Morgan fingerprint density at radius 2 is 2.53 bits per heavy atom. The molecule has 2 N–H and O–H groups in total. The molecule has 0 saturated carbocycles. The molecule has 0 aliphatic heterocycles. The van der Waals surface area contributed by atoms with Crippen molar-refractivity contribution in [3.05, 3.63) is 37.9 Å². The van der Waals surface area contributed by atoms with E-state index in [-0.39, 0.29) is 5.91 Å². The fraction of sp³-hybridized carbons (Fsp3) is 0.111. The summed E-state index contributed by atoms with van der Waals surface area (Å²) < 4.78 is 0.830. The largest absolute Gasteiger partial charge is 0.346 e. The van der Waals surface area contributed by atoms with E-state index in [0.29, 0.717) is 12.2 Å². The molecule has 1 amide bonds. The summed E-state index contributed by atoms with van der Waals surface area (Å²) in [4.78, 5) is 12.8. The van der Waals surface area contributed by atoms with E-state index in [9.17, 15) is 4.79 Å². The van der Waals surface area contributed by atoms with Crippen LogP contribution in [0.25, 0.3) is 0 Å². The van der Waals surface area contributed by atoms with Gasteiger partial charge in [0.1, 0.15) is 5.69 Å². The fourth-order valence-electron chi connectivity index (χ4n) is 1.10. The van der Waals surface area contributed by atoms with Crippen LogP contribution in [0.5, 0.6) is 0 Å². The second kappa shape index (κ2) is 4.75. The number of carbonyl (C=O) groups is 1. The zero-order chi connectivity index (χ0) is 10.7. The number of aromatic amines is 1. The summed E-state index contributed by atoms with van der Waals surface area (Å²) in [5, 5.41) is 11.3. The van der Waals surface area contributed by atoms with Crippen LogP contribution in [-0.2, 0) is 6.54 Å². The lowest BCUT2D eigenvalue weighted by Gasteiger charge is -2.01. The Morgan fingerprint density at radius 3 is 3.13 bits per heavy atom. The van der Waals surface area contributed by atoms with Crippen molar-refractivity contribution < 1.29 is 4.79 Å². The Bertz CT molecular complexity index is 452. The van der Waals surface area contributed by atoms with Crippen molar-refractivity contribution in [2.75, 3.05) is 0 Å². The summed E-state index contributed by atoms with van der Waals surface area (Å²) in [7, 11) is 0. The molecule has 0 bridgehead atoms. The first-order valence-electron chi connectivity index (χ1n) is 4.27. The normalized spacial score (nSPS) is 10.2. The van der Waals surface area contributed by atoms with Crippen LogP contribution in [-0.4, -0.2) is 16.1 Å². The monoisotopic (exact) mass is 333 g/mol. The summed E-state index contributed by atoms with van der Waals surface area (Å²) in [5.41, 5.74) is 0.521. The van der Waals surface area contributed by atoms with E-state index >= 15 is 0 Å². The first-order valence-corrected chi connectivity index (χ1v) is 6.22. The summed E-state index contributed by atoms with van der Waals surface area (Å²) in [6, 6.07) is 3.95. The molecule has 15 heavy (non-hydrogen) atoms. The van der Waals surface area contributed by atoms with Gasteiger partial charge in [-0.1, -0.05) is 6.07 Å². The number of nitrogens with one attached hydrogen (secondary N) is 2. The minimum Gasteiger partial charge on any atom is -0.346 e. The summed E-state index contributed by atoms with van der Waals surface area (Å²) in [5.74, 6) is -0.120. The average molecular weight is 333 g/mol. The van der Waals surface area contributed by atoms with E-state index in [1.165, 1.54) is 0 Å². The summed E-state index contributed by atoms with van der Waals surface area (Å²) in [6.45, 7) is 0.561. The van der Waals surface area contributed by atoms with Crippen LogP contribution in [0, 0.1) is 3.57 Å². The molecular formula is C9H8IN3OS. The zero-order valence-electron chi connectivity index (χ0n) is 7.66. The molecule has 0 aromatic carbocycles. The molecule has 0 fully saturated rings. The first kappa shape index (κ1) is 10.6. The average Bonchev–Trinajstić information content (AvgIpc) is 2.84. The Morgan fingerprint density at radius 1 is 1.67 bits per heavy atom. The van der Waals surface area contributed by atoms with Crippen molar-refractivity contribution >= 4 is 39.8 Å². The Hall–Kier alpha value is -0.890.